The number of amides is 1. The van der Waals surface area contributed by atoms with Crippen molar-refractivity contribution in [2.24, 2.45) is 0 Å². The Bertz CT molecular complexity index is 560. The Morgan fingerprint density at radius 2 is 1.79 bits per heavy atom. The molecule has 0 saturated heterocycles. The third-order valence-electron chi connectivity index (χ3n) is 2.93. The van der Waals surface area contributed by atoms with E-state index >= 15 is 0 Å². The van der Waals surface area contributed by atoms with Gasteiger partial charge in [0.15, 0.2) is 0 Å². The van der Waals surface area contributed by atoms with Crippen molar-refractivity contribution < 1.29 is 4.79 Å². The van der Waals surface area contributed by atoms with E-state index in [9.17, 15) is 4.79 Å². The van der Waals surface area contributed by atoms with Gasteiger partial charge in [0, 0.05) is 6.54 Å². The number of hydrogen-bond donors (Lipinski definition) is 1. The molecule has 2 aromatic carbocycles. The topological polar surface area (TPSA) is 29.1 Å². The SMILES string of the molecule is C=CC(=O)NCCc1cccc(-c2ccccc2)c1. The number of nitrogens with one attached hydrogen (secondary N) is 1. The van der Waals surface area contributed by atoms with Crippen molar-refractivity contribution in [2.75, 3.05) is 6.54 Å². The quantitative estimate of drug-likeness (QED) is 0.812. The van der Waals surface area contributed by atoms with E-state index in [-0.39, 0.29) is 5.91 Å². The van der Waals surface area contributed by atoms with Gasteiger partial charge in [-0.25, -0.2) is 0 Å². The Labute approximate surface area is 113 Å². The van der Waals surface area contributed by atoms with Gasteiger partial charge in [-0.15, -0.1) is 0 Å². The molecule has 0 spiro atoms. The van der Waals surface area contributed by atoms with Gasteiger partial charge in [0.1, 0.15) is 0 Å². The Balaban J connectivity index is 2.03. The van der Waals surface area contributed by atoms with Gasteiger partial charge in [0.2, 0.25) is 5.91 Å². The molecule has 0 unspecified atom stereocenters. The maximum absolute atomic E-state index is 11.1. The first-order valence-electron chi connectivity index (χ1n) is 6.34. The average Bonchev–Trinajstić information content (AvgIpc) is 2.48. The fraction of sp³-hybridized carbons (Fsp3) is 0.118. The van der Waals surface area contributed by atoms with Gasteiger partial charge in [-0.05, 0) is 29.2 Å². The van der Waals surface area contributed by atoms with Crippen molar-refractivity contribution >= 4 is 5.91 Å². The predicted octanol–water partition coefficient (Wildman–Crippen LogP) is 3.20. The summed E-state index contributed by atoms with van der Waals surface area (Å²) in [6.07, 6.45) is 2.11. The Kier molecular flexibility index (Phi) is 4.51. The van der Waals surface area contributed by atoms with E-state index in [1.807, 2.05) is 24.3 Å². The summed E-state index contributed by atoms with van der Waals surface area (Å²) in [4.78, 5) is 11.1. The highest BCUT2D eigenvalue weighted by molar-refractivity contribution is 5.86. The van der Waals surface area contributed by atoms with Crippen LogP contribution < -0.4 is 5.32 Å². The molecule has 96 valence electrons. The van der Waals surface area contributed by atoms with Crippen LogP contribution in [0.15, 0.2) is 67.3 Å². The maximum Gasteiger partial charge on any atom is 0.243 e. The Morgan fingerprint density at radius 3 is 2.53 bits per heavy atom. The maximum atomic E-state index is 11.1. The zero-order valence-corrected chi connectivity index (χ0v) is 10.8. The zero-order valence-electron chi connectivity index (χ0n) is 10.8. The van der Waals surface area contributed by atoms with Crippen LogP contribution in [0.3, 0.4) is 0 Å². The van der Waals surface area contributed by atoms with E-state index in [0.29, 0.717) is 6.54 Å². The molecule has 0 atom stereocenters. The van der Waals surface area contributed by atoms with Gasteiger partial charge in [-0.3, -0.25) is 4.79 Å². The molecule has 0 bridgehead atoms. The second-order valence-corrected chi connectivity index (χ2v) is 4.31. The largest absolute Gasteiger partial charge is 0.352 e. The highest BCUT2D eigenvalue weighted by Gasteiger charge is 1.99. The molecule has 2 aromatic rings. The lowest BCUT2D eigenvalue weighted by Gasteiger charge is -2.06. The van der Waals surface area contributed by atoms with Crippen LogP contribution in [-0.2, 0) is 11.2 Å². The van der Waals surface area contributed by atoms with Gasteiger partial charge in [-0.1, -0.05) is 61.2 Å². The number of benzene rings is 2. The molecular formula is C17H17NO. The van der Waals surface area contributed by atoms with E-state index < -0.39 is 0 Å². The van der Waals surface area contributed by atoms with Crippen LogP contribution in [0.5, 0.6) is 0 Å². The molecule has 2 nitrogen and oxygen atoms in total. The first-order chi connectivity index (χ1) is 9.29. The lowest BCUT2D eigenvalue weighted by molar-refractivity contribution is -0.116. The second kappa shape index (κ2) is 6.55. The van der Waals surface area contributed by atoms with Gasteiger partial charge < -0.3 is 5.32 Å². The lowest BCUT2D eigenvalue weighted by atomic mass is 10.0. The first-order valence-corrected chi connectivity index (χ1v) is 6.34. The van der Waals surface area contributed by atoms with E-state index in [1.54, 1.807) is 0 Å². The van der Waals surface area contributed by atoms with E-state index in [4.69, 9.17) is 0 Å². The molecule has 0 radical (unpaired) electrons. The molecule has 0 aliphatic rings. The number of hydrogen-bond acceptors (Lipinski definition) is 1. The minimum atomic E-state index is -0.126. The third-order valence-corrected chi connectivity index (χ3v) is 2.93. The lowest BCUT2D eigenvalue weighted by Crippen LogP contribution is -2.23. The monoisotopic (exact) mass is 251 g/mol. The summed E-state index contributed by atoms with van der Waals surface area (Å²) in [5.41, 5.74) is 3.62. The van der Waals surface area contributed by atoms with E-state index in [2.05, 4.69) is 42.2 Å². The molecule has 0 heterocycles. The molecule has 0 aromatic heterocycles. The highest BCUT2D eigenvalue weighted by atomic mass is 16.1. The van der Waals surface area contributed by atoms with Crippen LogP contribution in [0.4, 0.5) is 0 Å². The predicted molar refractivity (Wildman–Crippen MR) is 78.8 cm³/mol. The fourth-order valence-electron chi connectivity index (χ4n) is 1.94. The van der Waals surface area contributed by atoms with Gasteiger partial charge in [0.25, 0.3) is 0 Å². The molecule has 0 aliphatic carbocycles. The van der Waals surface area contributed by atoms with Crippen LogP contribution in [0, 0.1) is 0 Å². The Hall–Kier alpha value is -2.35. The summed E-state index contributed by atoms with van der Waals surface area (Å²) in [6.45, 7) is 4.06. The summed E-state index contributed by atoms with van der Waals surface area (Å²) in [5, 5.41) is 2.78. The minimum absolute atomic E-state index is 0.126. The van der Waals surface area contributed by atoms with Crippen molar-refractivity contribution in [3.05, 3.63) is 72.8 Å². The van der Waals surface area contributed by atoms with Crippen molar-refractivity contribution in [2.45, 2.75) is 6.42 Å². The number of carbonyl (C=O) groups excluding carboxylic acids is 1. The number of rotatable bonds is 5. The van der Waals surface area contributed by atoms with Crippen LogP contribution in [0.1, 0.15) is 5.56 Å². The van der Waals surface area contributed by atoms with Crippen LogP contribution in [0.25, 0.3) is 11.1 Å². The van der Waals surface area contributed by atoms with Gasteiger partial charge >= 0.3 is 0 Å². The van der Waals surface area contributed by atoms with Crippen molar-refractivity contribution in [1.29, 1.82) is 0 Å². The second-order valence-electron chi connectivity index (χ2n) is 4.31. The normalized spacial score (nSPS) is 9.89. The van der Waals surface area contributed by atoms with Gasteiger partial charge in [-0.2, -0.15) is 0 Å². The molecule has 2 heteroatoms. The minimum Gasteiger partial charge on any atom is -0.352 e. The van der Waals surface area contributed by atoms with Crippen molar-refractivity contribution in [1.82, 2.24) is 5.32 Å². The van der Waals surface area contributed by atoms with Crippen LogP contribution >= 0.6 is 0 Å². The average molecular weight is 251 g/mol. The third kappa shape index (κ3) is 3.81. The fourth-order valence-corrected chi connectivity index (χ4v) is 1.94. The van der Waals surface area contributed by atoms with E-state index in [1.165, 1.54) is 22.8 Å². The molecule has 1 amide bonds. The van der Waals surface area contributed by atoms with Gasteiger partial charge in [0.05, 0.1) is 0 Å². The molecule has 0 saturated carbocycles. The smallest absolute Gasteiger partial charge is 0.243 e. The summed E-state index contributed by atoms with van der Waals surface area (Å²) in [5.74, 6) is -0.126. The summed E-state index contributed by atoms with van der Waals surface area (Å²) < 4.78 is 0. The summed E-state index contributed by atoms with van der Waals surface area (Å²) >= 11 is 0. The number of carbonyl (C=O) groups is 1. The molecule has 2 rings (SSSR count). The van der Waals surface area contributed by atoms with Crippen molar-refractivity contribution in [3.63, 3.8) is 0 Å². The van der Waals surface area contributed by atoms with Crippen molar-refractivity contribution in [3.8, 4) is 11.1 Å². The standard InChI is InChI=1S/C17H17NO/c1-2-17(19)18-12-11-14-7-6-10-16(13-14)15-8-4-3-5-9-15/h2-10,13H,1,11-12H2,(H,18,19). The molecular weight excluding hydrogens is 234 g/mol. The zero-order chi connectivity index (χ0) is 13.5. The molecule has 1 N–H and O–H groups in total. The molecule has 0 fully saturated rings. The summed E-state index contributed by atoms with van der Waals surface area (Å²) in [6, 6.07) is 18.7. The van der Waals surface area contributed by atoms with Crippen LogP contribution in [-0.4, -0.2) is 12.5 Å². The van der Waals surface area contributed by atoms with E-state index in [0.717, 1.165) is 6.42 Å². The molecule has 19 heavy (non-hydrogen) atoms. The Morgan fingerprint density at radius 1 is 1.05 bits per heavy atom. The highest BCUT2D eigenvalue weighted by Crippen LogP contribution is 2.19. The molecule has 0 aliphatic heterocycles. The van der Waals surface area contributed by atoms with Crippen LogP contribution in [0.2, 0.25) is 0 Å². The first kappa shape index (κ1) is 13.1. The summed E-state index contributed by atoms with van der Waals surface area (Å²) in [7, 11) is 0.